The molecule has 5 heteroatoms. The molecule has 0 aromatic rings. The summed E-state index contributed by atoms with van der Waals surface area (Å²) >= 11 is 5.62. The number of hydrogen-bond donors (Lipinski definition) is 0. The maximum absolute atomic E-state index is 10.9. The Labute approximate surface area is 69.1 Å². The zero-order valence-electron chi connectivity index (χ0n) is 6.24. The molecule has 0 aromatic heterocycles. The molecule has 0 radical (unpaired) electrons. The van der Waals surface area contributed by atoms with E-state index in [1.807, 2.05) is 0 Å². The van der Waals surface area contributed by atoms with Gasteiger partial charge < -0.3 is 4.74 Å². The molecule has 1 aliphatic heterocycles. The average Bonchev–Trinajstić information content (AvgIpc) is 1.99. The molecule has 1 heterocycles. The molecule has 0 aromatic carbocycles. The first-order chi connectivity index (χ1) is 5.15. The fourth-order valence-electron chi connectivity index (χ4n) is 0.714. The maximum atomic E-state index is 10.9. The number of nitrogens with zero attached hydrogens (tertiary/aromatic N) is 2. The van der Waals surface area contributed by atoms with E-state index in [2.05, 4.69) is 5.10 Å². The lowest BCUT2D eigenvalue weighted by atomic mass is 10.2. The van der Waals surface area contributed by atoms with Gasteiger partial charge in [0.25, 0.3) is 5.90 Å². The monoisotopic (exact) mass is 175 g/mol. The van der Waals surface area contributed by atoms with E-state index in [-0.39, 0.29) is 5.90 Å². The number of rotatable bonds is 0. The molecular formula is C6H8ClN2O2+. The van der Waals surface area contributed by atoms with Gasteiger partial charge in [0.1, 0.15) is 0 Å². The highest BCUT2D eigenvalue weighted by Gasteiger charge is 2.30. The first-order valence-corrected chi connectivity index (χ1v) is 3.50. The topological polar surface area (TPSA) is 41.7 Å². The number of ether oxygens (including phenoxy) is 1. The van der Waals surface area contributed by atoms with Crippen LogP contribution in [0.1, 0.15) is 6.92 Å². The van der Waals surface area contributed by atoms with Crippen LogP contribution >= 0.6 is 11.6 Å². The van der Waals surface area contributed by atoms with Gasteiger partial charge in [0.05, 0.1) is 17.1 Å². The molecule has 1 unspecified atom stereocenters. The summed E-state index contributed by atoms with van der Waals surface area (Å²) in [5.74, 6) is 0.286. The minimum atomic E-state index is -0.700. The third kappa shape index (κ3) is 1.57. The fraction of sp³-hybridized carbons (Fsp3) is 0.500. The van der Waals surface area contributed by atoms with Crippen LogP contribution < -0.4 is 0 Å². The van der Waals surface area contributed by atoms with Crippen molar-refractivity contribution in [1.29, 1.82) is 0 Å². The van der Waals surface area contributed by atoms with E-state index in [9.17, 15) is 4.91 Å². The second-order valence-corrected chi connectivity index (χ2v) is 2.58. The number of nitroso groups, excluding NO2 is 1. The maximum Gasteiger partial charge on any atom is 0.332 e. The van der Waals surface area contributed by atoms with E-state index in [1.54, 1.807) is 13.0 Å². The van der Waals surface area contributed by atoms with Gasteiger partial charge in [-0.25, -0.2) is 0 Å². The molecule has 60 valence electrons. The molecule has 1 aliphatic rings. The normalized spacial score (nSPS) is 24.3. The van der Waals surface area contributed by atoms with Gasteiger partial charge in [-0.2, -0.15) is 0 Å². The Balaban J connectivity index is 2.91. The second-order valence-electron chi connectivity index (χ2n) is 2.17. The van der Waals surface area contributed by atoms with Gasteiger partial charge in [0, 0.05) is 11.6 Å². The molecule has 4 nitrogen and oxygen atoms in total. The number of halogens is 1. The van der Waals surface area contributed by atoms with E-state index >= 15 is 0 Å². The van der Waals surface area contributed by atoms with Crippen molar-refractivity contribution in [2.75, 3.05) is 7.11 Å². The highest BCUT2D eigenvalue weighted by atomic mass is 35.5. The Bertz CT molecular complexity index is 247. The van der Waals surface area contributed by atoms with Crippen LogP contribution in [-0.2, 0) is 4.74 Å². The van der Waals surface area contributed by atoms with Crippen molar-refractivity contribution in [2.45, 2.75) is 12.4 Å². The molecule has 0 saturated carbocycles. The quantitative estimate of drug-likeness (QED) is 0.316. The zero-order chi connectivity index (χ0) is 8.43. The van der Waals surface area contributed by atoms with E-state index in [4.69, 9.17) is 16.3 Å². The van der Waals surface area contributed by atoms with Gasteiger partial charge in [-0.05, 0) is 18.5 Å². The summed E-state index contributed by atoms with van der Waals surface area (Å²) in [5, 5.41) is 3.50. The van der Waals surface area contributed by atoms with Crippen LogP contribution in [0.15, 0.2) is 16.8 Å². The molecule has 1 rings (SSSR count). The first-order valence-electron chi connectivity index (χ1n) is 3.06. The number of methoxy groups -OCH3 is 1. The van der Waals surface area contributed by atoms with Crippen molar-refractivity contribution >= 4 is 17.5 Å². The Morgan fingerprint density at radius 1 is 1.82 bits per heavy atom. The summed E-state index contributed by atoms with van der Waals surface area (Å²) in [7, 11) is 1.45. The predicted molar refractivity (Wildman–Crippen MR) is 41.5 cm³/mol. The van der Waals surface area contributed by atoms with Gasteiger partial charge in [0.15, 0.2) is 4.87 Å². The molecule has 0 bridgehead atoms. The largest absolute Gasteiger partial charge is 0.477 e. The summed E-state index contributed by atoms with van der Waals surface area (Å²) in [5.41, 5.74) is 0.0300. The Hall–Kier alpha value is -0.900. The summed E-state index contributed by atoms with van der Waals surface area (Å²) in [4.78, 5) is 11.3. The van der Waals surface area contributed by atoms with E-state index in [1.165, 1.54) is 7.11 Å². The van der Waals surface area contributed by atoms with Crippen LogP contribution in [0.4, 0.5) is 0 Å². The Morgan fingerprint density at radius 2 is 2.45 bits per heavy atom. The van der Waals surface area contributed by atoms with Crippen LogP contribution in [0.3, 0.4) is 0 Å². The molecule has 0 saturated heterocycles. The Kier molecular flexibility index (Phi) is 2.24. The van der Waals surface area contributed by atoms with E-state index in [0.717, 1.165) is 5.57 Å². The standard InChI is InChI=1S/C6H8ClN2O2/c1-4-3-5(11-2)8-9(10)6(4)7/h3,6H,1-2H3/q+1. The van der Waals surface area contributed by atoms with Crippen molar-refractivity contribution in [3.05, 3.63) is 16.6 Å². The van der Waals surface area contributed by atoms with Crippen LogP contribution in [0.2, 0.25) is 0 Å². The van der Waals surface area contributed by atoms with Gasteiger partial charge in [-0.15, -0.1) is 0 Å². The van der Waals surface area contributed by atoms with E-state index in [0.29, 0.717) is 4.87 Å². The van der Waals surface area contributed by atoms with Crippen molar-refractivity contribution in [2.24, 2.45) is 5.10 Å². The van der Waals surface area contributed by atoms with Gasteiger partial charge in [-0.3, -0.25) is 0 Å². The zero-order valence-corrected chi connectivity index (χ0v) is 7.00. The lowest BCUT2D eigenvalue weighted by Crippen LogP contribution is -2.22. The lowest BCUT2D eigenvalue weighted by Gasteiger charge is -2.04. The first kappa shape index (κ1) is 8.20. The van der Waals surface area contributed by atoms with Gasteiger partial charge in [0.2, 0.25) is 0 Å². The molecule has 1 atom stereocenters. The minimum Gasteiger partial charge on any atom is -0.477 e. The molecule has 0 amide bonds. The fourth-order valence-corrected chi connectivity index (χ4v) is 0.821. The lowest BCUT2D eigenvalue weighted by molar-refractivity contribution is -0.564. The molecule has 11 heavy (non-hydrogen) atoms. The molecular weight excluding hydrogens is 168 g/mol. The average molecular weight is 176 g/mol. The molecule has 0 fully saturated rings. The number of alkyl halides is 1. The van der Waals surface area contributed by atoms with Crippen molar-refractivity contribution in [3.63, 3.8) is 0 Å². The van der Waals surface area contributed by atoms with Crippen LogP contribution in [0, 0.1) is 4.91 Å². The van der Waals surface area contributed by atoms with Crippen LogP contribution in [-0.4, -0.2) is 23.4 Å². The van der Waals surface area contributed by atoms with Crippen LogP contribution in [0.5, 0.6) is 0 Å². The van der Waals surface area contributed by atoms with Crippen molar-refractivity contribution < 1.29 is 9.61 Å². The summed E-state index contributed by atoms with van der Waals surface area (Å²) < 4.78 is 4.75. The van der Waals surface area contributed by atoms with Gasteiger partial charge in [-0.1, -0.05) is 0 Å². The molecule has 0 spiro atoms. The van der Waals surface area contributed by atoms with Crippen molar-refractivity contribution in [3.8, 4) is 0 Å². The predicted octanol–water partition coefficient (Wildman–Crippen LogP) is 1.25. The third-order valence-electron chi connectivity index (χ3n) is 1.33. The van der Waals surface area contributed by atoms with E-state index < -0.39 is 5.50 Å². The van der Waals surface area contributed by atoms with Crippen LogP contribution in [0.25, 0.3) is 0 Å². The highest BCUT2D eigenvalue weighted by Crippen LogP contribution is 2.15. The second kappa shape index (κ2) is 3.00. The summed E-state index contributed by atoms with van der Waals surface area (Å²) in [6, 6.07) is 0. The number of hydrogen-bond acceptors (Lipinski definition) is 2. The van der Waals surface area contributed by atoms with Gasteiger partial charge >= 0.3 is 5.50 Å². The summed E-state index contributed by atoms with van der Waals surface area (Å²) in [6.07, 6.45) is 1.63. The molecule has 0 N–H and O–H groups in total. The SMILES string of the molecule is COC1=N[N+](=O)C(Cl)C(C)=C1. The number of hydrazone groups is 1. The highest BCUT2D eigenvalue weighted by molar-refractivity contribution is 6.21. The van der Waals surface area contributed by atoms with Crippen molar-refractivity contribution in [1.82, 2.24) is 0 Å². The smallest absolute Gasteiger partial charge is 0.332 e. The Morgan fingerprint density at radius 3 is 2.91 bits per heavy atom. The molecule has 0 aliphatic carbocycles. The third-order valence-corrected chi connectivity index (χ3v) is 1.84. The summed E-state index contributed by atoms with van der Waals surface area (Å²) in [6.45, 7) is 1.75. The minimum absolute atomic E-state index is 0.286.